The zero-order valence-corrected chi connectivity index (χ0v) is 13.5. The molecule has 3 heterocycles. The third-order valence-corrected chi connectivity index (χ3v) is 4.20. The second kappa shape index (κ2) is 7.37. The number of carbonyl (C=O) groups is 1. The van der Waals surface area contributed by atoms with Crippen molar-refractivity contribution in [2.24, 2.45) is 0 Å². The standard InChI is InChI=1S/C17H23N5O/c1-14-9-19-22(11-14)12-16-6-2-3-8-21(16)13-17(23)20-15-5-4-7-18-10-15/h4-5,7,9-11,16H,2-3,6,8,12-13H2,1H3,(H,20,23). The van der Waals surface area contributed by atoms with Crippen molar-refractivity contribution >= 4 is 11.6 Å². The molecule has 1 atom stereocenters. The summed E-state index contributed by atoms with van der Waals surface area (Å²) in [6, 6.07) is 4.03. The molecule has 1 aliphatic heterocycles. The lowest BCUT2D eigenvalue weighted by molar-refractivity contribution is -0.118. The highest BCUT2D eigenvalue weighted by molar-refractivity contribution is 5.92. The number of rotatable bonds is 5. The highest BCUT2D eigenvalue weighted by Gasteiger charge is 2.24. The van der Waals surface area contributed by atoms with Gasteiger partial charge in [0.2, 0.25) is 5.91 Å². The van der Waals surface area contributed by atoms with E-state index in [1.807, 2.05) is 29.9 Å². The van der Waals surface area contributed by atoms with E-state index < -0.39 is 0 Å². The van der Waals surface area contributed by atoms with Crippen LogP contribution in [0.2, 0.25) is 0 Å². The van der Waals surface area contributed by atoms with Crippen molar-refractivity contribution in [3.05, 3.63) is 42.5 Å². The van der Waals surface area contributed by atoms with Crippen molar-refractivity contribution < 1.29 is 4.79 Å². The van der Waals surface area contributed by atoms with E-state index in [0.29, 0.717) is 12.6 Å². The van der Waals surface area contributed by atoms with Crippen LogP contribution < -0.4 is 5.32 Å². The Morgan fingerprint density at radius 1 is 1.39 bits per heavy atom. The van der Waals surface area contributed by atoms with Crippen molar-refractivity contribution in [2.75, 3.05) is 18.4 Å². The maximum Gasteiger partial charge on any atom is 0.238 e. The summed E-state index contributed by atoms with van der Waals surface area (Å²) in [5.74, 6) is 0.0153. The Morgan fingerprint density at radius 2 is 2.30 bits per heavy atom. The lowest BCUT2D eigenvalue weighted by Crippen LogP contribution is -2.46. The van der Waals surface area contributed by atoms with Gasteiger partial charge in [0.05, 0.1) is 31.2 Å². The number of carbonyl (C=O) groups excluding carboxylic acids is 1. The first-order chi connectivity index (χ1) is 11.2. The van der Waals surface area contributed by atoms with E-state index in [2.05, 4.69) is 26.5 Å². The summed E-state index contributed by atoms with van der Waals surface area (Å²) in [4.78, 5) is 18.6. The molecule has 0 radical (unpaired) electrons. The molecular formula is C17H23N5O. The highest BCUT2D eigenvalue weighted by atomic mass is 16.2. The van der Waals surface area contributed by atoms with Gasteiger partial charge in [0, 0.05) is 18.4 Å². The number of anilines is 1. The number of aryl methyl sites for hydroxylation is 1. The molecule has 1 saturated heterocycles. The van der Waals surface area contributed by atoms with Crippen LogP contribution in [0.5, 0.6) is 0 Å². The van der Waals surface area contributed by atoms with Gasteiger partial charge in [0.1, 0.15) is 0 Å². The molecule has 0 aliphatic carbocycles. The first kappa shape index (κ1) is 15.7. The molecule has 0 bridgehead atoms. The Morgan fingerprint density at radius 3 is 3.04 bits per heavy atom. The van der Waals surface area contributed by atoms with Crippen molar-refractivity contribution in [2.45, 2.75) is 38.8 Å². The van der Waals surface area contributed by atoms with E-state index in [9.17, 15) is 4.79 Å². The molecule has 23 heavy (non-hydrogen) atoms. The van der Waals surface area contributed by atoms with Crippen LogP contribution in [-0.4, -0.2) is 44.7 Å². The Balaban J connectivity index is 1.58. The van der Waals surface area contributed by atoms with Gasteiger partial charge in [0.25, 0.3) is 0 Å². The fourth-order valence-electron chi connectivity index (χ4n) is 3.08. The topological polar surface area (TPSA) is 63.1 Å². The van der Waals surface area contributed by atoms with Gasteiger partial charge in [-0.2, -0.15) is 5.10 Å². The van der Waals surface area contributed by atoms with E-state index in [1.54, 1.807) is 12.4 Å². The lowest BCUT2D eigenvalue weighted by atomic mass is 10.0. The van der Waals surface area contributed by atoms with Crippen molar-refractivity contribution in [1.82, 2.24) is 19.7 Å². The number of hydrogen-bond acceptors (Lipinski definition) is 4. The van der Waals surface area contributed by atoms with Crippen molar-refractivity contribution in [1.29, 1.82) is 0 Å². The minimum atomic E-state index is 0.0153. The van der Waals surface area contributed by atoms with Gasteiger partial charge in [-0.15, -0.1) is 0 Å². The lowest BCUT2D eigenvalue weighted by Gasteiger charge is -2.35. The van der Waals surface area contributed by atoms with Crippen LogP contribution in [0.25, 0.3) is 0 Å². The summed E-state index contributed by atoms with van der Waals surface area (Å²) in [6.45, 7) is 4.27. The van der Waals surface area contributed by atoms with Crippen LogP contribution in [0.15, 0.2) is 36.9 Å². The predicted octanol–water partition coefficient (Wildman–Crippen LogP) is 2.08. The van der Waals surface area contributed by atoms with Gasteiger partial charge >= 0.3 is 0 Å². The zero-order valence-electron chi connectivity index (χ0n) is 13.5. The van der Waals surface area contributed by atoms with E-state index >= 15 is 0 Å². The molecule has 6 heteroatoms. The maximum absolute atomic E-state index is 12.3. The predicted molar refractivity (Wildman–Crippen MR) is 89.0 cm³/mol. The zero-order chi connectivity index (χ0) is 16.1. The second-order valence-electron chi connectivity index (χ2n) is 6.15. The molecule has 3 rings (SSSR count). The molecule has 1 unspecified atom stereocenters. The number of amides is 1. The Labute approximate surface area is 136 Å². The number of nitrogens with zero attached hydrogens (tertiary/aromatic N) is 4. The van der Waals surface area contributed by atoms with Gasteiger partial charge in [-0.25, -0.2) is 0 Å². The van der Waals surface area contributed by atoms with Gasteiger partial charge in [0.15, 0.2) is 0 Å². The van der Waals surface area contributed by atoms with Gasteiger partial charge in [-0.3, -0.25) is 19.4 Å². The summed E-state index contributed by atoms with van der Waals surface area (Å²) < 4.78 is 1.98. The molecule has 0 spiro atoms. The SMILES string of the molecule is Cc1cnn(CC2CCCCN2CC(=O)Nc2cccnc2)c1. The molecule has 1 fully saturated rings. The number of piperidine rings is 1. The quantitative estimate of drug-likeness (QED) is 0.918. The third kappa shape index (κ3) is 4.39. The third-order valence-electron chi connectivity index (χ3n) is 4.20. The monoisotopic (exact) mass is 313 g/mol. The number of aromatic nitrogens is 3. The fourth-order valence-corrected chi connectivity index (χ4v) is 3.08. The molecular weight excluding hydrogens is 290 g/mol. The van der Waals surface area contributed by atoms with Gasteiger partial charge in [-0.05, 0) is 44.0 Å². The summed E-state index contributed by atoms with van der Waals surface area (Å²) >= 11 is 0. The first-order valence-corrected chi connectivity index (χ1v) is 8.14. The first-order valence-electron chi connectivity index (χ1n) is 8.14. The molecule has 1 N–H and O–H groups in total. The molecule has 6 nitrogen and oxygen atoms in total. The van der Waals surface area contributed by atoms with Crippen molar-refractivity contribution in [3.8, 4) is 0 Å². The Hall–Kier alpha value is -2.21. The van der Waals surface area contributed by atoms with Gasteiger partial charge < -0.3 is 5.32 Å². The molecule has 2 aromatic rings. The summed E-state index contributed by atoms with van der Waals surface area (Å²) in [5.41, 5.74) is 1.91. The molecule has 0 aromatic carbocycles. The largest absolute Gasteiger partial charge is 0.324 e. The minimum Gasteiger partial charge on any atom is -0.324 e. The van der Waals surface area contributed by atoms with Crippen LogP contribution in [0.4, 0.5) is 5.69 Å². The summed E-state index contributed by atoms with van der Waals surface area (Å²) in [7, 11) is 0. The van der Waals surface area contributed by atoms with Crippen LogP contribution in [0, 0.1) is 6.92 Å². The molecule has 2 aromatic heterocycles. The summed E-state index contributed by atoms with van der Waals surface area (Å²) in [6.07, 6.45) is 10.8. The summed E-state index contributed by atoms with van der Waals surface area (Å²) in [5, 5.41) is 7.28. The second-order valence-corrected chi connectivity index (χ2v) is 6.15. The average Bonchev–Trinajstić information content (AvgIpc) is 2.95. The van der Waals surface area contributed by atoms with E-state index in [-0.39, 0.29) is 5.91 Å². The molecule has 0 saturated carbocycles. The molecule has 122 valence electrons. The van der Waals surface area contributed by atoms with Crippen LogP contribution in [-0.2, 0) is 11.3 Å². The number of pyridine rings is 1. The highest BCUT2D eigenvalue weighted by Crippen LogP contribution is 2.18. The van der Waals surface area contributed by atoms with E-state index in [0.717, 1.165) is 31.6 Å². The van der Waals surface area contributed by atoms with E-state index in [1.165, 1.54) is 12.0 Å². The molecule has 1 aliphatic rings. The smallest absolute Gasteiger partial charge is 0.238 e. The van der Waals surface area contributed by atoms with Crippen molar-refractivity contribution in [3.63, 3.8) is 0 Å². The van der Waals surface area contributed by atoms with Crippen LogP contribution >= 0.6 is 0 Å². The Kier molecular flexibility index (Phi) is 5.02. The van der Waals surface area contributed by atoms with Gasteiger partial charge in [-0.1, -0.05) is 6.42 Å². The number of likely N-dealkylation sites (tertiary alicyclic amines) is 1. The van der Waals surface area contributed by atoms with E-state index in [4.69, 9.17) is 0 Å². The van der Waals surface area contributed by atoms with Crippen LogP contribution in [0.3, 0.4) is 0 Å². The maximum atomic E-state index is 12.3. The normalized spacial score (nSPS) is 18.7. The number of hydrogen-bond donors (Lipinski definition) is 1. The minimum absolute atomic E-state index is 0.0153. The fraction of sp³-hybridized carbons (Fsp3) is 0.471. The Bertz CT molecular complexity index is 639. The van der Waals surface area contributed by atoms with Crippen LogP contribution in [0.1, 0.15) is 24.8 Å². The molecule has 1 amide bonds. The number of nitrogens with one attached hydrogen (secondary N) is 1. The average molecular weight is 313 g/mol.